The third-order valence-corrected chi connectivity index (χ3v) is 5.46. The summed E-state index contributed by atoms with van der Waals surface area (Å²) in [4.78, 5) is 7.06. The Hall–Kier alpha value is -0.910. The number of likely N-dealkylation sites (N-methyl/N-ethyl adjacent to an activating group) is 1. The van der Waals surface area contributed by atoms with Crippen molar-refractivity contribution < 1.29 is 9.47 Å². The molecule has 0 radical (unpaired) electrons. The molecule has 1 saturated heterocycles. The highest BCUT2D eigenvalue weighted by Gasteiger charge is 2.31. The molecule has 1 aliphatic carbocycles. The molecular formula is C18H29N3O2. The van der Waals surface area contributed by atoms with Gasteiger partial charge in [-0.2, -0.15) is 0 Å². The van der Waals surface area contributed by atoms with E-state index in [1.54, 1.807) is 0 Å². The first kappa shape index (κ1) is 15.6. The molecule has 0 N–H and O–H groups in total. The number of rotatable bonds is 6. The first-order chi connectivity index (χ1) is 11.3. The Kier molecular flexibility index (Phi) is 4.69. The van der Waals surface area contributed by atoms with E-state index in [0.717, 1.165) is 64.8 Å². The highest BCUT2D eigenvalue weighted by atomic mass is 16.5. The van der Waals surface area contributed by atoms with Gasteiger partial charge in [0.1, 0.15) is 0 Å². The van der Waals surface area contributed by atoms with Crippen LogP contribution in [0.5, 0.6) is 0 Å². The molecule has 0 bridgehead atoms. The van der Waals surface area contributed by atoms with E-state index in [4.69, 9.17) is 9.47 Å². The van der Waals surface area contributed by atoms with Crippen LogP contribution in [0, 0.1) is 11.8 Å². The molecule has 2 fully saturated rings. The summed E-state index contributed by atoms with van der Waals surface area (Å²) in [5.74, 6) is 2.03. The smallest absolute Gasteiger partial charge is 0.0952 e. The molecule has 0 spiro atoms. The second kappa shape index (κ2) is 6.91. The zero-order valence-corrected chi connectivity index (χ0v) is 14.2. The van der Waals surface area contributed by atoms with Gasteiger partial charge in [0.25, 0.3) is 0 Å². The fourth-order valence-electron chi connectivity index (χ4n) is 3.95. The van der Waals surface area contributed by atoms with E-state index in [0.29, 0.717) is 11.8 Å². The number of hydrogen-bond acceptors (Lipinski definition) is 4. The maximum Gasteiger partial charge on any atom is 0.0952 e. The maximum absolute atomic E-state index is 6.14. The summed E-state index contributed by atoms with van der Waals surface area (Å²) < 4.78 is 14.0. The van der Waals surface area contributed by atoms with Gasteiger partial charge in [-0.25, -0.2) is 4.98 Å². The van der Waals surface area contributed by atoms with Gasteiger partial charge >= 0.3 is 0 Å². The highest BCUT2D eigenvalue weighted by molar-refractivity contribution is 5.22. The number of imidazole rings is 1. The van der Waals surface area contributed by atoms with Crippen molar-refractivity contribution in [2.45, 2.75) is 44.7 Å². The number of ether oxygens (including phenoxy) is 2. The topological polar surface area (TPSA) is 39.5 Å². The third-order valence-electron chi connectivity index (χ3n) is 5.46. The van der Waals surface area contributed by atoms with Gasteiger partial charge in [-0.1, -0.05) is 0 Å². The molecule has 5 heteroatoms. The van der Waals surface area contributed by atoms with Gasteiger partial charge in [0, 0.05) is 51.1 Å². The summed E-state index contributed by atoms with van der Waals surface area (Å²) in [6, 6.07) is 0. The maximum atomic E-state index is 6.14. The van der Waals surface area contributed by atoms with E-state index >= 15 is 0 Å². The predicted molar refractivity (Wildman–Crippen MR) is 88.4 cm³/mol. The Balaban J connectivity index is 1.38. The normalized spacial score (nSPS) is 26.4. The van der Waals surface area contributed by atoms with Crippen LogP contribution in [-0.2, 0) is 22.6 Å². The van der Waals surface area contributed by atoms with E-state index in [9.17, 15) is 0 Å². The van der Waals surface area contributed by atoms with Crippen molar-refractivity contribution in [1.29, 1.82) is 0 Å². The number of aromatic nitrogens is 2. The van der Waals surface area contributed by atoms with Crippen molar-refractivity contribution in [3.63, 3.8) is 0 Å². The first-order valence-corrected chi connectivity index (χ1v) is 9.17. The molecule has 0 aromatic carbocycles. The lowest BCUT2D eigenvalue weighted by Crippen LogP contribution is -2.34. The average Bonchev–Trinajstić information content (AvgIpc) is 3.28. The molecule has 2 aliphatic heterocycles. The van der Waals surface area contributed by atoms with Crippen LogP contribution in [0.15, 0.2) is 6.33 Å². The van der Waals surface area contributed by atoms with Crippen molar-refractivity contribution >= 4 is 0 Å². The second-order valence-corrected chi connectivity index (χ2v) is 7.66. The van der Waals surface area contributed by atoms with E-state index in [1.165, 1.54) is 24.2 Å². The molecule has 0 amide bonds. The summed E-state index contributed by atoms with van der Waals surface area (Å²) >= 11 is 0. The standard InChI is InChI=1S/C18H29N3O2/c1-20-9-16(12-23-11-15-4-6-22-7-5-15)18-17(10-20)19-13-21(18)8-14-2-3-14/h13-16H,2-12H2,1H3/t16-/m0/s1. The van der Waals surface area contributed by atoms with Crippen molar-refractivity contribution in [3.05, 3.63) is 17.7 Å². The number of nitrogens with zero attached hydrogens (tertiary/aromatic N) is 3. The summed E-state index contributed by atoms with van der Waals surface area (Å²) in [5.41, 5.74) is 2.71. The zero-order valence-electron chi connectivity index (χ0n) is 14.2. The van der Waals surface area contributed by atoms with Gasteiger partial charge < -0.3 is 14.0 Å². The van der Waals surface area contributed by atoms with Crippen molar-refractivity contribution in [2.75, 3.05) is 40.0 Å². The van der Waals surface area contributed by atoms with Gasteiger partial charge in [0.05, 0.1) is 18.6 Å². The molecule has 3 aliphatic rings. The van der Waals surface area contributed by atoms with Crippen LogP contribution in [0.25, 0.3) is 0 Å². The number of hydrogen-bond donors (Lipinski definition) is 0. The van der Waals surface area contributed by atoms with Gasteiger partial charge in [-0.05, 0) is 44.6 Å². The Bertz CT molecular complexity index is 520. The van der Waals surface area contributed by atoms with Crippen LogP contribution in [-0.4, -0.2) is 54.5 Å². The average molecular weight is 319 g/mol. The fraction of sp³-hybridized carbons (Fsp3) is 0.833. The lowest BCUT2D eigenvalue weighted by atomic mass is 9.98. The summed E-state index contributed by atoms with van der Waals surface area (Å²) in [6.45, 7) is 6.72. The van der Waals surface area contributed by atoms with E-state index in [1.807, 2.05) is 0 Å². The minimum absolute atomic E-state index is 0.463. The van der Waals surface area contributed by atoms with Crippen LogP contribution < -0.4 is 0 Å². The molecule has 1 aromatic heterocycles. The molecule has 128 valence electrons. The lowest BCUT2D eigenvalue weighted by Gasteiger charge is -2.31. The SMILES string of the molecule is CN1Cc2ncn(CC3CC3)c2[C@H](COCC2CCOCC2)C1. The van der Waals surface area contributed by atoms with Crippen LogP contribution in [0.3, 0.4) is 0 Å². The van der Waals surface area contributed by atoms with E-state index in [2.05, 4.69) is 27.8 Å². The van der Waals surface area contributed by atoms with Crippen LogP contribution in [0.1, 0.15) is 43.0 Å². The summed E-state index contributed by atoms with van der Waals surface area (Å²) in [5, 5.41) is 0. The predicted octanol–water partition coefficient (Wildman–Crippen LogP) is 2.27. The first-order valence-electron chi connectivity index (χ1n) is 9.17. The Morgan fingerprint density at radius 2 is 2.00 bits per heavy atom. The van der Waals surface area contributed by atoms with Gasteiger partial charge in [0.15, 0.2) is 0 Å². The minimum Gasteiger partial charge on any atom is -0.381 e. The van der Waals surface area contributed by atoms with E-state index in [-0.39, 0.29) is 0 Å². The molecule has 1 aromatic rings. The molecule has 4 rings (SSSR count). The van der Waals surface area contributed by atoms with Crippen molar-refractivity contribution in [1.82, 2.24) is 14.5 Å². The molecule has 1 atom stereocenters. The van der Waals surface area contributed by atoms with Crippen LogP contribution in [0.4, 0.5) is 0 Å². The van der Waals surface area contributed by atoms with Gasteiger partial charge in [0.2, 0.25) is 0 Å². The molecular weight excluding hydrogens is 290 g/mol. The van der Waals surface area contributed by atoms with Crippen LogP contribution >= 0.6 is 0 Å². The zero-order chi connectivity index (χ0) is 15.6. The quantitative estimate of drug-likeness (QED) is 0.806. The summed E-state index contributed by atoms with van der Waals surface area (Å²) in [7, 11) is 2.19. The molecule has 1 saturated carbocycles. The van der Waals surface area contributed by atoms with Gasteiger partial charge in [-0.3, -0.25) is 4.90 Å². The Morgan fingerprint density at radius 3 is 2.78 bits per heavy atom. The molecule has 0 unspecified atom stereocenters. The van der Waals surface area contributed by atoms with Crippen molar-refractivity contribution in [3.8, 4) is 0 Å². The summed E-state index contributed by atoms with van der Waals surface area (Å²) in [6.07, 6.45) is 7.13. The van der Waals surface area contributed by atoms with Crippen molar-refractivity contribution in [2.24, 2.45) is 11.8 Å². The molecule has 5 nitrogen and oxygen atoms in total. The highest BCUT2D eigenvalue weighted by Crippen LogP contribution is 2.34. The minimum atomic E-state index is 0.463. The van der Waals surface area contributed by atoms with Gasteiger partial charge in [-0.15, -0.1) is 0 Å². The molecule has 23 heavy (non-hydrogen) atoms. The van der Waals surface area contributed by atoms with E-state index < -0.39 is 0 Å². The second-order valence-electron chi connectivity index (χ2n) is 7.66. The fourth-order valence-corrected chi connectivity index (χ4v) is 3.95. The lowest BCUT2D eigenvalue weighted by molar-refractivity contribution is 0.0137. The Labute approximate surface area is 139 Å². The monoisotopic (exact) mass is 319 g/mol. The Morgan fingerprint density at radius 1 is 1.17 bits per heavy atom. The largest absolute Gasteiger partial charge is 0.381 e. The number of fused-ring (bicyclic) bond motifs is 1. The third kappa shape index (κ3) is 3.78. The van der Waals surface area contributed by atoms with Crippen LogP contribution in [0.2, 0.25) is 0 Å². The molecule has 3 heterocycles.